The second-order valence-corrected chi connectivity index (χ2v) is 4.89. The first-order valence-electron chi connectivity index (χ1n) is 6.57. The number of allylic oxidation sites excluding steroid dienone is 2. The molecule has 0 aromatic heterocycles. The van der Waals surface area contributed by atoms with E-state index in [2.05, 4.69) is 41.4 Å². The molecule has 0 unspecified atom stereocenters. The Kier molecular flexibility index (Phi) is 15.6. The molecule has 0 spiro atoms. The van der Waals surface area contributed by atoms with Crippen LogP contribution < -0.4 is 11.1 Å². The summed E-state index contributed by atoms with van der Waals surface area (Å²) in [6.45, 7) is 4.78. The molecule has 0 radical (unpaired) electrons. The van der Waals surface area contributed by atoms with E-state index in [1.165, 1.54) is 0 Å². The van der Waals surface area contributed by atoms with Crippen LogP contribution in [0.2, 0.25) is 0 Å². The van der Waals surface area contributed by atoms with Crippen LogP contribution in [0.3, 0.4) is 0 Å². The predicted molar refractivity (Wildman–Crippen MR) is 85.1 cm³/mol. The van der Waals surface area contributed by atoms with E-state index in [4.69, 9.17) is 5.73 Å². The molecule has 0 fully saturated rings. The smallest absolute Gasteiger partial charge is 0.0134 e. The number of rotatable bonds is 11. The molecule has 0 amide bonds. The first-order valence-corrected chi connectivity index (χ1v) is 7.73. The average molecular weight is 266 g/mol. The zero-order chi connectivity index (χ0) is 13.3. The molecule has 0 saturated heterocycles. The maximum atomic E-state index is 5.42. The van der Waals surface area contributed by atoms with Crippen LogP contribution in [0.15, 0.2) is 42.2 Å². The minimum atomic E-state index is 0.793. The number of nitrogens with one attached hydrogen (secondary N) is 1. The van der Waals surface area contributed by atoms with Crippen molar-refractivity contribution in [3.8, 4) is 0 Å². The molecule has 18 heavy (non-hydrogen) atoms. The lowest BCUT2D eigenvalue weighted by Crippen LogP contribution is -2.13. The van der Waals surface area contributed by atoms with Crippen LogP contribution in [0.4, 0.5) is 0 Å². The number of hydrogen-bond acceptors (Lipinski definition) is 3. The zero-order valence-corrected chi connectivity index (χ0v) is 12.2. The highest BCUT2D eigenvalue weighted by Gasteiger charge is 1.83. The summed E-state index contributed by atoms with van der Waals surface area (Å²) in [6, 6.07) is 0. The van der Waals surface area contributed by atoms with Crippen LogP contribution in [0.25, 0.3) is 0 Å². The van der Waals surface area contributed by atoms with Crippen LogP contribution in [0.1, 0.15) is 19.8 Å². The molecule has 0 aliphatic carbocycles. The molecule has 0 aromatic rings. The van der Waals surface area contributed by atoms with Crippen LogP contribution >= 0.6 is 11.8 Å². The number of thioether (sulfide) groups is 1. The van der Waals surface area contributed by atoms with Gasteiger partial charge in [0.2, 0.25) is 0 Å². The maximum Gasteiger partial charge on any atom is 0.0134 e. The second kappa shape index (κ2) is 16.3. The summed E-state index contributed by atoms with van der Waals surface area (Å²) in [6.07, 6.45) is 14.5. The molecule has 3 N–H and O–H groups in total. The standard InChI is InChI=1S/C15H26N2S/c1-2-3-12-17-13-8-6-4-5-7-9-14-18-15-10-11-16/h2-3,5-7,9,17H,8,10-16H2,1H3/b3-2-,9-7-. The highest BCUT2D eigenvalue weighted by molar-refractivity contribution is 7.99. The summed E-state index contributed by atoms with van der Waals surface area (Å²) in [4.78, 5) is 0. The fourth-order valence-corrected chi connectivity index (χ4v) is 1.93. The van der Waals surface area contributed by atoms with Gasteiger partial charge >= 0.3 is 0 Å². The van der Waals surface area contributed by atoms with E-state index in [1.807, 2.05) is 24.8 Å². The van der Waals surface area contributed by atoms with Gasteiger partial charge in [-0.25, -0.2) is 0 Å². The summed E-state index contributed by atoms with van der Waals surface area (Å²) in [5, 5.41) is 3.31. The van der Waals surface area contributed by atoms with Crippen molar-refractivity contribution in [2.75, 3.05) is 31.1 Å². The van der Waals surface area contributed by atoms with Gasteiger partial charge in [-0.05, 0) is 50.8 Å². The Hall–Kier alpha value is -0.730. The Morgan fingerprint density at radius 3 is 3.00 bits per heavy atom. The van der Waals surface area contributed by atoms with Crippen molar-refractivity contribution in [1.29, 1.82) is 0 Å². The van der Waals surface area contributed by atoms with E-state index in [0.717, 1.165) is 44.0 Å². The third-order valence-corrected chi connectivity index (χ3v) is 3.12. The Bertz CT molecular complexity index is 276. The summed E-state index contributed by atoms with van der Waals surface area (Å²) < 4.78 is 0. The van der Waals surface area contributed by atoms with Gasteiger partial charge in [0, 0.05) is 12.3 Å². The molecule has 2 nitrogen and oxygen atoms in total. The van der Waals surface area contributed by atoms with Crippen LogP contribution in [0.5, 0.6) is 0 Å². The molecule has 0 rings (SSSR count). The molecule has 102 valence electrons. The van der Waals surface area contributed by atoms with Gasteiger partial charge in [0.25, 0.3) is 0 Å². The molecule has 0 heterocycles. The Labute approximate surface area is 116 Å². The van der Waals surface area contributed by atoms with Gasteiger partial charge in [0.15, 0.2) is 0 Å². The summed E-state index contributed by atoms with van der Waals surface area (Å²) >= 11 is 1.92. The van der Waals surface area contributed by atoms with Crippen molar-refractivity contribution in [3.63, 3.8) is 0 Å². The van der Waals surface area contributed by atoms with Gasteiger partial charge in [0.1, 0.15) is 0 Å². The van der Waals surface area contributed by atoms with Gasteiger partial charge in [-0.3, -0.25) is 0 Å². The lowest BCUT2D eigenvalue weighted by Gasteiger charge is -1.95. The fraction of sp³-hybridized carbons (Fsp3) is 0.533. The third-order valence-electron chi connectivity index (χ3n) is 2.12. The highest BCUT2D eigenvalue weighted by atomic mass is 32.2. The van der Waals surface area contributed by atoms with E-state index >= 15 is 0 Å². The van der Waals surface area contributed by atoms with Crippen molar-refractivity contribution in [2.24, 2.45) is 5.73 Å². The lowest BCUT2D eigenvalue weighted by atomic mass is 10.4. The molecule has 0 aliphatic heterocycles. The van der Waals surface area contributed by atoms with E-state index < -0.39 is 0 Å². The average Bonchev–Trinajstić information content (AvgIpc) is 2.39. The minimum absolute atomic E-state index is 0.793. The first kappa shape index (κ1) is 17.3. The van der Waals surface area contributed by atoms with Crippen molar-refractivity contribution in [1.82, 2.24) is 5.32 Å². The first-order chi connectivity index (χ1) is 8.91. The van der Waals surface area contributed by atoms with Gasteiger partial charge in [-0.15, -0.1) is 5.73 Å². The topological polar surface area (TPSA) is 38.0 Å². The third kappa shape index (κ3) is 15.3. The number of hydrogen-bond donors (Lipinski definition) is 2. The highest BCUT2D eigenvalue weighted by Crippen LogP contribution is 2.01. The monoisotopic (exact) mass is 266 g/mol. The van der Waals surface area contributed by atoms with Crippen molar-refractivity contribution in [2.45, 2.75) is 19.8 Å². The molecule has 0 aliphatic rings. The molecule has 0 atom stereocenters. The zero-order valence-electron chi connectivity index (χ0n) is 11.4. The Morgan fingerprint density at radius 1 is 1.33 bits per heavy atom. The Balaban J connectivity index is 3.36. The molecule has 0 saturated carbocycles. The fourth-order valence-electron chi connectivity index (χ4n) is 1.14. The quantitative estimate of drug-likeness (QED) is 0.261. The van der Waals surface area contributed by atoms with E-state index in [1.54, 1.807) is 0 Å². The van der Waals surface area contributed by atoms with E-state index in [0.29, 0.717) is 0 Å². The van der Waals surface area contributed by atoms with E-state index in [-0.39, 0.29) is 0 Å². The van der Waals surface area contributed by atoms with Crippen molar-refractivity contribution >= 4 is 11.8 Å². The molecule has 0 bridgehead atoms. The number of nitrogens with two attached hydrogens (primary N) is 1. The molecule has 0 aromatic carbocycles. The molecular weight excluding hydrogens is 240 g/mol. The van der Waals surface area contributed by atoms with Crippen LogP contribution in [-0.4, -0.2) is 31.1 Å². The predicted octanol–water partition coefficient (Wildman–Crippen LogP) is 2.89. The van der Waals surface area contributed by atoms with Gasteiger partial charge < -0.3 is 11.1 Å². The SMILES string of the molecule is C/C=C\CNCCC=C=C/C=C\CSCCCN. The van der Waals surface area contributed by atoms with Crippen LogP contribution in [-0.2, 0) is 0 Å². The summed E-state index contributed by atoms with van der Waals surface area (Å²) in [5.74, 6) is 2.21. The van der Waals surface area contributed by atoms with E-state index in [9.17, 15) is 0 Å². The molecule has 3 heteroatoms. The van der Waals surface area contributed by atoms with Gasteiger partial charge in [0.05, 0.1) is 0 Å². The summed E-state index contributed by atoms with van der Waals surface area (Å²) in [7, 11) is 0. The normalized spacial score (nSPS) is 11.0. The minimum Gasteiger partial charge on any atom is -0.330 e. The lowest BCUT2D eigenvalue weighted by molar-refractivity contribution is 0.756. The van der Waals surface area contributed by atoms with Gasteiger partial charge in [-0.2, -0.15) is 11.8 Å². The maximum absolute atomic E-state index is 5.42. The molecular formula is C15H26N2S. The van der Waals surface area contributed by atoms with Crippen molar-refractivity contribution < 1.29 is 0 Å². The summed E-state index contributed by atoms with van der Waals surface area (Å²) in [5.41, 5.74) is 8.57. The second-order valence-electron chi connectivity index (χ2n) is 3.74. The van der Waals surface area contributed by atoms with Crippen LogP contribution in [0, 0.1) is 0 Å². The van der Waals surface area contributed by atoms with Crippen molar-refractivity contribution in [3.05, 3.63) is 42.2 Å². The van der Waals surface area contributed by atoms with Gasteiger partial charge in [-0.1, -0.05) is 24.3 Å². The Morgan fingerprint density at radius 2 is 2.22 bits per heavy atom. The largest absolute Gasteiger partial charge is 0.330 e.